The minimum absolute atomic E-state index is 0.0290. The fourth-order valence-electron chi connectivity index (χ4n) is 3.40. The van der Waals surface area contributed by atoms with Crippen LogP contribution in [0.5, 0.6) is 0 Å². The number of alkyl halides is 6. The highest BCUT2D eigenvalue weighted by molar-refractivity contribution is 5.95. The van der Waals surface area contributed by atoms with E-state index < -0.39 is 53.1 Å². The summed E-state index contributed by atoms with van der Waals surface area (Å²) >= 11 is 0. The molecule has 1 saturated heterocycles. The third-order valence-corrected chi connectivity index (χ3v) is 4.95. The molecule has 168 valence electrons. The van der Waals surface area contributed by atoms with E-state index in [1.807, 2.05) is 0 Å². The molecule has 0 aliphatic carbocycles. The molecule has 2 aromatic rings. The van der Waals surface area contributed by atoms with Gasteiger partial charge in [-0.1, -0.05) is 12.1 Å². The molecule has 1 aliphatic heterocycles. The maximum atomic E-state index is 13.2. The molecule has 0 unspecified atom stereocenters. The molecule has 3 rings (SSSR count). The Labute approximate surface area is 171 Å². The van der Waals surface area contributed by atoms with Crippen molar-refractivity contribution >= 4 is 5.91 Å². The van der Waals surface area contributed by atoms with E-state index in [4.69, 9.17) is 4.74 Å². The van der Waals surface area contributed by atoms with Crippen LogP contribution in [0, 0.1) is 5.82 Å². The van der Waals surface area contributed by atoms with Crippen LogP contribution in [0.3, 0.4) is 0 Å². The van der Waals surface area contributed by atoms with Gasteiger partial charge in [-0.3, -0.25) is 4.79 Å². The van der Waals surface area contributed by atoms with Crippen LogP contribution in [0.15, 0.2) is 42.5 Å². The zero-order chi connectivity index (χ0) is 23.0. The number of amides is 1. The molecule has 11 heteroatoms. The normalized spacial score (nSPS) is 19.7. The van der Waals surface area contributed by atoms with Gasteiger partial charge in [0.2, 0.25) is 0 Å². The van der Waals surface area contributed by atoms with Gasteiger partial charge in [0, 0.05) is 18.6 Å². The molecule has 1 amide bonds. The van der Waals surface area contributed by atoms with Crippen molar-refractivity contribution in [3.05, 3.63) is 70.5 Å². The van der Waals surface area contributed by atoms with E-state index in [1.54, 1.807) is 0 Å². The average Bonchev–Trinajstić information content (AvgIpc) is 3.11. The summed E-state index contributed by atoms with van der Waals surface area (Å²) in [6, 6.07) is 5.63. The molecule has 1 heterocycles. The third-order valence-electron chi connectivity index (χ3n) is 4.95. The van der Waals surface area contributed by atoms with E-state index in [-0.39, 0.29) is 25.6 Å². The quantitative estimate of drug-likeness (QED) is 0.693. The second-order valence-electron chi connectivity index (χ2n) is 7.05. The Kier molecular flexibility index (Phi) is 6.03. The Balaban J connectivity index is 1.95. The number of carbonyl (C=O) groups is 1. The number of nitrogens with zero attached hydrogens (tertiary/aromatic N) is 1. The molecule has 4 nitrogen and oxygen atoms in total. The SMILES string of the molecule is O=C(c1cc(C(F)(F)F)cc(C(F)(F)F)c1)N1CO[C@](CCO)(c2ccc(F)cc2)C1. The summed E-state index contributed by atoms with van der Waals surface area (Å²) in [5, 5.41) is 9.39. The third kappa shape index (κ3) is 4.82. The van der Waals surface area contributed by atoms with E-state index in [0.717, 1.165) is 17.0 Å². The lowest BCUT2D eigenvalue weighted by molar-refractivity contribution is -0.143. The van der Waals surface area contributed by atoms with Gasteiger partial charge >= 0.3 is 12.4 Å². The monoisotopic (exact) mass is 451 g/mol. The number of hydrogen-bond donors (Lipinski definition) is 1. The standard InChI is InChI=1S/C20H16F7NO3/c21-16-3-1-13(2-4-16)18(5-6-29)10-28(11-31-18)17(30)12-7-14(19(22,23)24)9-15(8-12)20(25,26)27/h1-4,7-9,29H,5-6,10-11H2/t18-/m0/s1. The number of benzene rings is 2. The largest absolute Gasteiger partial charge is 0.416 e. The summed E-state index contributed by atoms with van der Waals surface area (Å²) in [4.78, 5) is 13.7. The summed E-state index contributed by atoms with van der Waals surface area (Å²) in [6.45, 7) is -1.08. The van der Waals surface area contributed by atoms with Crippen molar-refractivity contribution < 1.29 is 45.4 Å². The number of aliphatic hydroxyl groups excluding tert-OH is 1. The van der Waals surface area contributed by atoms with Gasteiger partial charge in [0.15, 0.2) is 0 Å². The van der Waals surface area contributed by atoms with Crippen molar-refractivity contribution in [2.75, 3.05) is 19.9 Å². The van der Waals surface area contributed by atoms with Crippen LogP contribution in [0.1, 0.15) is 33.5 Å². The van der Waals surface area contributed by atoms with Crippen LogP contribution in [-0.2, 0) is 22.7 Å². The first-order valence-electron chi connectivity index (χ1n) is 8.95. The molecule has 0 radical (unpaired) electrons. The molecule has 1 N–H and O–H groups in total. The molecular weight excluding hydrogens is 435 g/mol. The molecule has 1 aliphatic rings. The molecule has 1 atom stereocenters. The fourth-order valence-corrected chi connectivity index (χ4v) is 3.40. The minimum Gasteiger partial charge on any atom is -0.396 e. The lowest BCUT2D eigenvalue weighted by atomic mass is 9.90. The molecule has 1 fully saturated rings. The highest BCUT2D eigenvalue weighted by Gasteiger charge is 2.43. The van der Waals surface area contributed by atoms with Crippen LogP contribution in [0.25, 0.3) is 0 Å². The Morgan fingerprint density at radius 3 is 2.03 bits per heavy atom. The van der Waals surface area contributed by atoms with Crippen molar-refractivity contribution in [3.63, 3.8) is 0 Å². The maximum Gasteiger partial charge on any atom is 0.416 e. The van der Waals surface area contributed by atoms with Gasteiger partial charge in [-0.25, -0.2) is 4.39 Å². The van der Waals surface area contributed by atoms with Crippen LogP contribution in [-0.4, -0.2) is 35.8 Å². The van der Waals surface area contributed by atoms with Gasteiger partial charge in [-0.2, -0.15) is 26.3 Å². The number of carbonyl (C=O) groups excluding carboxylic acids is 1. The number of halogens is 7. The molecule has 2 aromatic carbocycles. The second kappa shape index (κ2) is 8.12. The van der Waals surface area contributed by atoms with Gasteiger partial charge in [0.1, 0.15) is 18.1 Å². The lowest BCUT2D eigenvalue weighted by Gasteiger charge is -2.27. The van der Waals surface area contributed by atoms with E-state index >= 15 is 0 Å². The summed E-state index contributed by atoms with van der Waals surface area (Å²) < 4.78 is 97.3. The van der Waals surface area contributed by atoms with E-state index in [1.165, 1.54) is 12.1 Å². The fraction of sp³-hybridized carbons (Fsp3) is 0.350. The molecule has 0 spiro atoms. The van der Waals surface area contributed by atoms with Crippen molar-refractivity contribution in [1.82, 2.24) is 4.90 Å². The molecule has 31 heavy (non-hydrogen) atoms. The minimum atomic E-state index is -5.09. The average molecular weight is 451 g/mol. The summed E-state index contributed by atoms with van der Waals surface area (Å²) in [6.07, 6.45) is -10.2. The maximum absolute atomic E-state index is 13.2. The zero-order valence-electron chi connectivity index (χ0n) is 15.7. The van der Waals surface area contributed by atoms with Crippen LogP contribution >= 0.6 is 0 Å². The predicted molar refractivity (Wildman–Crippen MR) is 93.2 cm³/mol. The van der Waals surface area contributed by atoms with E-state index in [9.17, 15) is 40.6 Å². The predicted octanol–water partition coefficient (Wildman–Crippen LogP) is 4.57. The van der Waals surface area contributed by atoms with Crippen molar-refractivity contribution in [2.45, 2.75) is 24.4 Å². The number of ether oxygens (including phenoxy) is 1. The first kappa shape index (κ1) is 23.0. The molecular formula is C20H16F7NO3. The zero-order valence-corrected chi connectivity index (χ0v) is 15.7. The van der Waals surface area contributed by atoms with E-state index in [2.05, 4.69) is 0 Å². The van der Waals surface area contributed by atoms with Gasteiger partial charge in [0.25, 0.3) is 5.91 Å². The van der Waals surface area contributed by atoms with Gasteiger partial charge < -0.3 is 14.7 Å². The lowest BCUT2D eigenvalue weighted by Crippen LogP contribution is -2.36. The van der Waals surface area contributed by atoms with E-state index in [0.29, 0.717) is 17.7 Å². The van der Waals surface area contributed by atoms with Crippen molar-refractivity contribution in [1.29, 1.82) is 0 Å². The first-order chi connectivity index (χ1) is 14.4. The summed E-state index contributed by atoms with van der Waals surface area (Å²) in [7, 11) is 0. The van der Waals surface area contributed by atoms with Crippen molar-refractivity contribution in [3.8, 4) is 0 Å². The highest BCUT2D eigenvalue weighted by Crippen LogP contribution is 2.39. The highest BCUT2D eigenvalue weighted by atomic mass is 19.4. The topological polar surface area (TPSA) is 49.8 Å². The number of aliphatic hydroxyl groups is 1. The second-order valence-corrected chi connectivity index (χ2v) is 7.05. The van der Waals surface area contributed by atoms with Crippen LogP contribution in [0.2, 0.25) is 0 Å². The molecule has 0 aromatic heterocycles. The Morgan fingerprint density at radius 1 is 1.00 bits per heavy atom. The van der Waals surface area contributed by atoms with Gasteiger partial charge in [-0.15, -0.1) is 0 Å². The summed E-state index contributed by atoms with van der Waals surface area (Å²) in [5.41, 5.74) is -4.90. The Hall–Kier alpha value is -2.66. The van der Waals surface area contributed by atoms with Gasteiger partial charge in [0.05, 0.1) is 17.7 Å². The van der Waals surface area contributed by atoms with Crippen molar-refractivity contribution in [2.24, 2.45) is 0 Å². The summed E-state index contributed by atoms with van der Waals surface area (Å²) in [5.74, 6) is -1.64. The number of hydrogen-bond acceptors (Lipinski definition) is 3. The molecule has 0 saturated carbocycles. The number of rotatable bonds is 4. The van der Waals surface area contributed by atoms with Gasteiger partial charge in [-0.05, 0) is 35.9 Å². The Morgan fingerprint density at radius 2 is 1.55 bits per heavy atom. The first-order valence-corrected chi connectivity index (χ1v) is 8.95. The molecule has 0 bridgehead atoms. The smallest absolute Gasteiger partial charge is 0.396 e. The van der Waals surface area contributed by atoms with Crippen LogP contribution < -0.4 is 0 Å². The Bertz CT molecular complexity index is 924. The van der Waals surface area contributed by atoms with Crippen LogP contribution in [0.4, 0.5) is 30.7 Å².